The number of rotatable bonds is 6. The second-order valence-electron chi connectivity index (χ2n) is 5.88. The average molecular weight is 355 g/mol. The van der Waals surface area contributed by atoms with Crippen molar-refractivity contribution in [2.24, 2.45) is 5.92 Å². The fourth-order valence-corrected chi connectivity index (χ4v) is 2.41. The molecule has 0 saturated carbocycles. The number of hydrogen-bond donors (Lipinski definition) is 2. The zero-order valence-electron chi connectivity index (χ0n) is 13.9. The van der Waals surface area contributed by atoms with Crippen molar-refractivity contribution in [2.45, 2.75) is 6.92 Å². The third kappa shape index (κ3) is 4.53. The molecule has 0 spiro atoms. The first-order valence-electron chi connectivity index (χ1n) is 8.06. The SMILES string of the molecule is CC(CO)CNc1nc(-c2ccc(Cl)cc2)cc(-c2cccnc2)n1. The number of aliphatic hydroxyl groups is 1. The highest BCUT2D eigenvalue weighted by molar-refractivity contribution is 6.30. The standard InChI is InChI=1S/C19H19ClN4O/c1-13(12-25)10-22-19-23-17(14-4-6-16(20)7-5-14)9-18(24-19)15-3-2-8-21-11-15/h2-9,11,13,25H,10,12H2,1H3,(H,22,23,24). The predicted octanol–water partition coefficient (Wildman–Crippen LogP) is 3.90. The molecule has 0 aliphatic carbocycles. The van der Waals surface area contributed by atoms with Crippen LogP contribution < -0.4 is 5.32 Å². The fraction of sp³-hybridized carbons (Fsp3) is 0.211. The first-order valence-corrected chi connectivity index (χ1v) is 8.43. The molecule has 0 radical (unpaired) electrons. The van der Waals surface area contributed by atoms with Gasteiger partial charge in [-0.1, -0.05) is 30.7 Å². The molecule has 5 nitrogen and oxygen atoms in total. The summed E-state index contributed by atoms with van der Waals surface area (Å²) in [4.78, 5) is 13.3. The van der Waals surface area contributed by atoms with E-state index in [-0.39, 0.29) is 12.5 Å². The highest BCUT2D eigenvalue weighted by Crippen LogP contribution is 2.25. The van der Waals surface area contributed by atoms with Gasteiger partial charge in [0.2, 0.25) is 5.95 Å². The van der Waals surface area contributed by atoms with Crippen LogP contribution in [0.5, 0.6) is 0 Å². The molecule has 6 heteroatoms. The first kappa shape index (κ1) is 17.3. The van der Waals surface area contributed by atoms with E-state index in [4.69, 9.17) is 11.6 Å². The molecule has 2 N–H and O–H groups in total. The summed E-state index contributed by atoms with van der Waals surface area (Å²) < 4.78 is 0. The van der Waals surface area contributed by atoms with E-state index in [0.29, 0.717) is 17.5 Å². The van der Waals surface area contributed by atoms with Gasteiger partial charge in [-0.2, -0.15) is 0 Å². The molecule has 1 aromatic carbocycles. The normalized spacial score (nSPS) is 12.0. The smallest absolute Gasteiger partial charge is 0.223 e. The average Bonchev–Trinajstić information content (AvgIpc) is 2.67. The summed E-state index contributed by atoms with van der Waals surface area (Å²) in [6.45, 7) is 2.66. The minimum Gasteiger partial charge on any atom is -0.396 e. The van der Waals surface area contributed by atoms with Crippen molar-refractivity contribution in [3.8, 4) is 22.5 Å². The van der Waals surface area contributed by atoms with Crippen LogP contribution in [0.3, 0.4) is 0 Å². The summed E-state index contributed by atoms with van der Waals surface area (Å²) in [6, 6.07) is 13.3. The Hall–Kier alpha value is -2.50. The van der Waals surface area contributed by atoms with Crippen molar-refractivity contribution in [3.05, 3.63) is 59.9 Å². The Morgan fingerprint density at radius 3 is 2.44 bits per heavy atom. The zero-order chi connectivity index (χ0) is 17.6. The molecule has 3 aromatic rings. The number of anilines is 1. The van der Waals surface area contributed by atoms with Crippen LogP contribution in [0.15, 0.2) is 54.9 Å². The Labute approximate surface area is 151 Å². The van der Waals surface area contributed by atoms with Gasteiger partial charge in [0.15, 0.2) is 0 Å². The molecule has 2 aromatic heterocycles. The lowest BCUT2D eigenvalue weighted by Gasteiger charge is -2.12. The van der Waals surface area contributed by atoms with Crippen LogP contribution in [-0.4, -0.2) is 33.2 Å². The third-order valence-electron chi connectivity index (χ3n) is 3.74. The van der Waals surface area contributed by atoms with E-state index in [1.165, 1.54) is 0 Å². The molecular formula is C19H19ClN4O. The molecule has 0 aliphatic heterocycles. The van der Waals surface area contributed by atoms with Gasteiger partial charge >= 0.3 is 0 Å². The number of hydrogen-bond acceptors (Lipinski definition) is 5. The third-order valence-corrected chi connectivity index (χ3v) is 4.00. The molecular weight excluding hydrogens is 336 g/mol. The maximum Gasteiger partial charge on any atom is 0.223 e. The summed E-state index contributed by atoms with van der Waals surface area (Å²) in [5.41, 5.74) is 3.45. The number of nitrogens with one attached hydrogen (secondary N) is 1. The molecule has 0 bridgehead atoms. The van der Waals surface area contributed by atoms with Gasteiger partial charge in [-0.25, -0.2) is 9.97 Å². The predicted molar refractivity (Wildman–Crippen MR) is 100 cm³/mol. The molecule has 128 valence electrons. The van der Waals surface area contributed by atoms with Crippen LogP contribution >= 0.6 is 11.6 Å². The van der Waals surface area contributed by atoms with E-state index in [1.807, 2.05) is 49.4 Å². The Kier molecular flexibility index (Phi) is 5.58. The van der Waals surface area contributed by atoms with Crippen LogP contribution in [-0.2, 0) is 0 Å². The summed E-state index contributed by atoms with van der Waals surface area (Å²) in [5, 5.41) is 13.1. The number of halogens is 1. The van der Waals surface area contributed by atoms with Gasteiger partial charge < -0.3 is 10.4 Å². The maximum atomic E-state index is 9.20. The monoisotopic (exact) mass is 354 g/mol. The van der Waals surface area contributed by atoms with Gasteiger partial charge in [0.1, 0.15) is 0 Å². The van der Waals surface area contributed by atoms with Crippen LogP contribution in [0.4, 0.5) is 5.95 Å². The van der Waals surface area contributed by atoms with Crippen LogP contribution in [0.1, 0.15) is 6.92 Å². The Morgan fingerprint density at radius 2 is 1.80 bits per heavy atom. The number of aliphatic hydroxyl groups excluding tert-OH is 1. The van der Waals surface area contributed by atoms with E-state index in [1.54, 1.807) is 12.4 Å². The summed E-state index contributed by atoms with van der Waals surface area (Å²) in [6.07, 6.45) is 3.50. The van der Waals surface area contributed by atoms with Crippen molar-refractivity contribution in [3.63, 3.8) is 0 Å². The van der Waals surface area contributed by atoms with Crippen molar-refractivity contribution < 1.29 is 5.11 Å². The molecule has 1 atom stereocenters. The van der Waals surface area contributed by atoms with Gasteiger partial charge in [-0.3, -0.25) is 4.98 Å². The first-order chi connectivity index (χ1) is 12.2. The van der Waals surface area contributed by atoms with Gasteiger partial charge in [-0.05, 0) is 36.2 Å². The second-order valence-corrected chi connectivity index (χ2v) is 6.32. The van der Waals surface area contributed by atoms with Crippen molar-refractivity contribution in [1.82, 2.24) is 15.0 Å². The summed E-state index contributed by atoms with van der Waals surface area (Å²) >= 11 is 5.98. The van der Waals surface area contributed by atoms with Gasteiger partial charge in [0.25, 0.3) is 0 Å². The number of aromatic nitrogens is 3. The van der Waals surface area contributed by atoms with Crippen molar-refractivity contribution in [2.75, 3.05) is 18.5 Å². The van der Waals surface area contributed by atoms with E-state index in [0.717, 1.165) is 22.5 Å². The molecule has 2 heterocycles. The Morgan fingerprint density at radius 1 is 1.08 bits per heavy atom. The van der Waals surface area contributed by atoms with E-state index >= 15 is 0 Å². The quantitative estimate of drug-likeness (QED) is 0.702. The zero-order valence-corrected chi connectivity index (χ0v) is 14.6. The largest absolute Gasteiger partial charge is 0.396 e. The van der Waals surface area contributed by atoms with Gasteiger partial charge in [0.05, 0.1) is 11.4 Å². The second kappa shape index (κ2) is 8.05. The molecule has 0 fully saturated rings. The maximum absolute atomic E-state index is 9.20. The minimum atomic E-state index is 0.110. The highest BCUT2D eigenvalue weighted by Gasteiger charge is 2.10. The van der Waals surface area contributed by atoms with E-state index in [2.05, 4.69) is 20.3 Å². The van der Waals surface area contributed by atoms with Gasteiger partial charge in [-0.15, -0.1) is 0 Å². The Balaban J connectivity index is 2.00. The molecule has 25 heavy (non-hydrogen) atoms. The molecule has 0 amide bonds. The van der Waals surface area contributed by atoms with Crippen LogP contribution in [0, 0.1) is 5.92 Å². The van der Waals surface area contributed by atoms with Crippen LogP contribution in [0.25, 0.3) is 22.5 Å². The summed E-state index contributed by atoms with van der Waals surface area (Å²) in [7, 11) is 0. The molecule has 0 aliphatic rings. The summed E-state index contributed by atoms with van der Waals surface area (Å²) in [5.74, 6) is 0.635. The Bertz CT molecular complexity index is 825. The van der Waals surface area contributed by atoms with E-state index < -0.39 is 0 Å². The molecule has 1 unspecified atom stereocenters. The minimum absolute atomic E-state index is 0.110. The van der Waals surface area contributed by atoms with Gasteiger partial charge in [0, 0.05) is 41.7 Å². The number of pyridine rings is 1. The van der Waals surface area contributed by atoms with Crippen LogP contribution in [0.2, 0.25) is 5.02 Å². The molecule has 0 saturated heterocycles. The van der Waals surface area contributed by atoms with Crippen molar-refractivity contribution in [1.29, 1.82) is 0 Å². The molecule has 3 rings (SSSR count). The van der Waals surface area contributed by atoms with Crippen molar-refractivity contribution >= 4 is 17.5 Å². The fourth-order valence-electron chi connectivity index (χ4n) is 2.29. The number of benzene rings is 1. The topological polar surface area (TPSA) is 70.9 Å². The van der Waals surface area contributed by atoms with E-state index in [9.17, 15) is 5.11 Å². The lowest BCUT2D eigenvalue weighted by atomic mass is 10.1. The highest BCUT2D eigenvalue weighted by atomic mass is 35.5. The lowest BCUT2D eigenvalue weighted by Crippen LogP contribution is -2.16. The number of nitrogens with zero attached hydrogens (tertiary/aromatic N) is 3. The lowest BCUT2D eigenvalue weighted by molar-refractivity contribution is 0.244.